The molecule has 1 atom stereocenters. The number of ether oxygens (including phenoxy) is 1. The highest BCUT2D eigenvalue weighted by Gasteiger charge is 2.44. The summed E-state index contributed by atoms with van der Waals surface area (Å²) < 4.78 is 7.31. The number of hydrogen-bond donors (Lipinski definition) is 2. The molecular formula is C19H21Cl2N7O. The zero-order valence-corrected chi connectivity index (χ0v) is 17.2. The third-order valence-electron chi connectivity index (χ3n) is 6.17. The van der Waals surface area contributed by atoms with Gasteiger partial charge in [-0.1, -0.05) is 35.3 Å². The van der Waals surface area contributed by atoms with Gasteiger partial charge in [-0.3, -0.25) is 0 Å². The number of nitrogens with zero attached hydrogens (tertiary/aromatic N) is 5. The minimum atomic E-state index is 0.0558. The van der Waals surface area contributed by atoms with Crippen molar-refractivity contribution in [3.05, 3.63) is 34.6 Å². The van der Waals surface area contributed by atoms with Crippen LogP contribution in [0.2, 0.25) is 10.0 Å². The first kappa shape index (κ1) is 18.9. The second-order valence-electron chi connectivity index (χ2n) is 7.74. The molecule has 1 aromatic carbocycles. The van der Waals surface area contributed by atoms with E-state index in [9.17, 15) is 0 Å². The molecule has 8 nitrogen and oxygen atoms in total. The van der Waals surface area contributed by atoms with Crippen molar-refractivity contribution >= 4 is 40.5 Å². The number of hydrogen-bond acceptors (Lipinski definition) is 7. The molecule has 4 N–H and O–H groups in total. The second kappa shape index (κ2) is 6.98. The van der Waals surface area contributed by atoms with Crippen LogP contribution in [0.15, 0.2) is 24.5 Å². The van der Waals surface area contributed by atoms with Gasteiger partial charge in [-0.15, -0.1) is 0 Å². The lowest BCUT2D eigenvalue weighted by molar-refractivity contribution is 0.132. The van der Waals surface area contributed by atoms with Crippen LogP contribution in [0.1, 0.15) is 12.8 Å². The molecule has 2 aromatic heterocycles. The molecule has 2 aliphatic heterocycles. The molecule has 1 spiro atoms. The third-order valence-corrected chi connectivity index (χ3v) is 6.99. The third kappa shape index (κ3) is 2.93. The molecule has 2 fully saturated rings. The lowest BCUT2D eigenvalue weighted by atomic mass is 9.75. The fourth-order valence-corrected chi connectivity index (χ4v) is 4.78. The summed E-state index contributed by atoms with van der Waals surface area (Å²) in [5.41, 5.74) is 14.6. The van der Waals surface area contributed by atoms with Gasteiger partial charge in [0.2, 0.25) is 0 Å². The first-order valence-corrected chi connectivity index (χ1v) is 10.3. The topological polar surface area (TPSA) is 108 Å². The highest BCUT2D eigenvalue weighted by atomic mass is 35.5. The molecule has 29 heavy (non-hydrogen) atoms. The van der Waals surface area contributed by atoms with E-state index in [1.165, 1.54) is 6.33 Å². The van der Waals surface area contributed by atoms with Crippen LogP contribution in [0, 0.1) is 5.41 Å². The summed E-state index contributed by atoms with van der Waals surface area (Å²) in [7, 11) is 0. The minimum absolute atomic E-state index is 0.0558. The summed E-state index contributed by atoms with van der Waals surface area (Å²) in [5.74, 6) is 1.03. The summed E-state index contributed by atoms with van der Waals surface area (Å²) in [6.07, 6.45) is 3.38. The number of rotatable bonds is 2. The van der Waals surface area contributed by atoms with Gasteiger partial charge >= 0.3 is 0 Å². The van der Waals surface area contributed by atoms with Gasteiger partial charge in [-0.2, -0.15) is 5.10 Å². The van der Waals surface area contributed by atoms with Gasteiger partial charge in [-0.25, -0.2) is 14.5 Å². The molecule has 152 valence electrons. The molecule has 2 saturated heterocycles. The lowest BCUT2D eigenvalue weighted by Crippen LogP contribution is -2.49. The minimum Gasteiger partial charge on any atom is -0.382 e. The van der Waals surface area contributed by atoms with Crippen LogP contribution in [0.25, 0.3) is 16.9 Å². The highest BCUT2D eigenvalue weighted by Crippen LogP contribution is 2.41. The summed E-state index contributed by atoms with van der Waals surface area (Å²) in [6.45, 7) is 2.98. The van der Waals surface area contributed by atoms with E-state index >= 15 is 0 Å². The SMILES string of the molecule is Nc1nc(N2CCC3(CC2)COC[C@H]3N)c2ncnn2c1-c1cccc(Cl)c1Cl. The number of nitrogens with two attached hydrogens (primary N) is 2. The van der Waals surface area contributed by atoms with Gasteiger partial charge in [0.15, 0.2) is 17.3 Å². The Hall–Kier alpha value is -2.13. The lowest BCUT2D eigenvalue weighted by Gasteiger charge is -2.41. The maximum atomic E-state index is 6.43. The van der Waals surface area contributed by atoms with Crippen molar-refractivity contribution < 1.29 is 4.74 Å². The van der Waals surface area contributed by atoms with E-state index in [0.29, 0.717) is 45.2 Å². The van der Waals surface area contributed by atoms with Crippen molar-refractivity contribution in [1.29, 1.82) is 0 Å². The fraction of sp³-hybridized carbons (Fsp3) is 0.421. The zero-order valence-electron chi connectivity index (χ0n) is 15.7. The molecule has 0 unspecified atom stereocenters. The van der Waals surface area contributed by atoms with Crippen LogP contribution in [0.3, 0.4) is 0 Å². The summed E-state index contributed by atoms with van der Waals surface area (Å²) >= 11 is 12.6. The predicted octanol–water partition coefficient (Wildman–Crippen LogP) is 2.62. The highest BCUT2D eigenvalue weighted by molar-refractivity contribution is 6.43. The number of aromatic nitrogens is 4. The molecule has 0 aliphatic carbocycles. The molecule has 3 aromatic rings. The van der Waals surface area contributed by atoms with Crippen LogP contribution in [-0.4, -0.2) is 51.9 Å². The average Bonchev–Trinajstić information content (AvgIpc) is 3.33. The van der Waals surface area contributed by atoms with Crippen molar-refractivity contribution in [3.8, 4) is 11.3 Å². The smallest absolute Gasteiger partial charge is 0.199 e. The number of anilines is 2. The number of fused-ring (bicyclic) bond motifs is 1. The standard InChI is InChI=1S/C19H21Cl2N7O/c20-12-3-1-2-11(14(12)21)15-16(23)26-18(17-24-10-25-28(15)17)27-6-4-19(5-7-27)9-29-8-13(19)22/h1-3,10,13H,4-9,22-23H2/t13-/m1/s1. The van der Waals surface area contributed by atoms with Crippen molar-refractivity contribution in [2.45, 2.75) is 18.9 Å². The van der Waals surface area contributed by atoms with E-state index in [0.717, 1.165) is 32.5 Å². The largest absolute Gasteiger partial charge is 0.382 e. The predicted molar refractivity (Wildman–Crippen MR) is 113 cm³/mol. The van der Waals surface area contributed by atoms with E-state index in [1.54, 1.807) is 10.6 Å². The van der Waals surface area contributed by atoms with Crippen LogP contribution in [0.5, 0.6) is 0 Å². The first-order valence-electron chi connectivity index (χ1n) is 9.52. The Morgan fingerprint density at radius 3 is 2.72 bits per heavy atom. The molecular weight excluding hydrogens is 413 g/mol. The Labute approximate surface area is 177 Å². The van der Waals surface area contributed by atoms with Gasteiger partial charge in [0, 0.05) is 30.1 Å². The fourth-order valence-electron chi connectivity index (χ4n) is 4.39. The Balaban J connectivity index is 1.54. The molecule has 4 heterocycles. The summed E-state index contributed by atoms with van der Waals surface area (Å²) in [6, 6.07) is 5.47. The molecule has 0 radical (unpaired) electrons. The number of piperidine rings is 1. The maximum absolute atomic E-state index is 6.43. The normalized spacial score (nSPS) is 21.3. The van der Waals surface area contributed by atoms with Crippen LogP contribution >= 0.6 is 23.2 Å². The van der Waals surface area contributed by atoms with Gasteiger partial charge in [0.05, 0.1) is 23.3 Å². The van der Waals surface area contributed by atoms with Crippen LogP contribution in [0.4, 0.5) is 11.6 Å². The van der Waals surface area contributed by atoms with E-state index in [-0.39, 0.29) is 11.5 Å². The van der Waals surface area contributed by atoms with Crippen LogP contribution in [-0.2, 0) is 4.74 Å². The zero-order chi connectivity index (χ0) is 20.2. The number of halogens is 2. The average molecular weight is 434 g/mol. The van der Waals surface area contributed by atoms with Crippen molar-refractivity contribution in [1.82, 2.24) is 19.6 Å². The molecule has 0 saturated carbocycles. The van der Waals surface area contributed by atoms with Gasteiger partial charge in [0.1, 0.15) is 12.0 Å². The van der Waals surface area contributed by atoms with Crippen molar-refractivity contribution in [2.75, 3.05) is 36.9 Å². The second-order valence-corrected chi connectivity index (χ2v) is 8.52. The van der Waals surface area contributed by atoms with E-state index < -0.39 is 0 Å². The van der Waals surface area contributed by atoms with Crippen molar-refractivity contribution in [3.63, 3.8) is 0 Å². The van der Waals surface area contributed by atoms with E-state index in [4.69, 9.17) is 44.4 Å². The molecule has 5 rings (SSSR count). The molecule has 0 amide bonds. The summed E-state index contributed by atoms with van der Waals surface area (Å²) in [5, 5.41) is 5.23. The van der Waals surface area contributed by atoms with E-state index in [1.807, 2.05) is 12.1 Å². The summed E-state index contributed by atoms with van der Waals surface area (Å²) in [4.78, 5) is 11.3. The Morgan fingerprint density at radius 2 is 2.00 bits per heavy atom. The van der Waals surface area contributed by atoms with Gasteiger partial charge in [0.25, 0.3) is 0 Å². The van der Waals surface area contributed by atoms with E-state index in [2.05, 4.69) is 15.0 Å². The first-order chi connectivity index (χ1) is 14.0. The molecule has 2 aliphatic rings. The monoisotopic (exact) mass is 433 g/mol. The quantitative estimate of drug-likeness (QED) is 0.639. The number of nitrogen functional groups attached to an aromatic ring is 1. The number of benzene rings is 1. The van der Waals surface area contributed by atoms with Crippen LogP contribution < -0.4 is 16.4 Å². The molecule has 10 heteroatoms. The Bertz CT molecular complexity index is 1080. The Morgan fingerprint density at radius 1 is 1.21 bits per heavy atom. The van der Waals surface area contributed by atoms with Gasteiger partial charge in [-0.05, 0) is 18.9 Å². The molecule has 0 bridgehead atoms. The van der Waals surface area contributed by atoms with Gasteiger partial charge < -0.3 is 21.1 Å². The Kier molecular flexibility index (Phi) is 4.54. The van der Waals surface area contributed by atoms with Crippen molar-refractivity contribution in [2.24, 2.45) is 11.1 Å². The maximum Gasteiger partial charge on any atom is 0.199 e.